The quantitative estimate of drug-likeness (QED) is 0.435. The molecule has 0 aromatic heterocycles. The van der Waals surface area contributed by atoms with Gasteiger partial charge in [0.25, 0.3) is 5.91 Å². The molecule has 0 aromatic carbocycles. The van der Waals surface area contributed by atoms with E-state index < -0.39 is 18.0 Å². The van der Waals surface area contributed by atoms with Gasteiger partial charge in [0.15, 0.2) is 6.10 Å². The normalized spacial score (nSPS) is 25.1. The van der Waals surface area contributed by atoms with Gasteiger partial charge in [-0.2, -0.15) is 0 Å². The Bertz CT molecular complexity index is 358. The van der Waals surface area contributed by atoms with Gasteiger partial charge in [-0.15, -0.1) is 0 Å². The maximum atomic E-state index is 11.5. The molecule has 5 heteroatoms. The van der Waals surface area contributed by atoms with Gasteiger partial charge in [-0.1, -0.05) is 6.08 Å². The summed E-state index contributed by atoms with van der Waals surface area (Å²) in [6, 6.07) is 0. The van der Waals surface area contributed by atoms with Crippen LogP contribution in [0.5, 0.6) is 0 Å². The first-order chi connectivity index (χ1) is 6.59. The molecule has 5 nitrogen and oxygen atoms in total. The fourth-order valence-corrected chi connectivity index (χ4v) is 1.70. The van der Waals surface area contributed by atoms with Crippen molar-refractivity contribution in [3.63, 3.8) is 0 Å². The van der Waals surface area contributed by atoms with Gasteiger partial charge in [0.1, 0.15) is 0 Å². The van der Waals surface area contributed by atoms with E-state index in [0.29, 0.717) is 12.1 Å². The van der Waals surface area contributed by atoms with Gasteiger partial charge in [-0.3, -0.25) is 19.3 Å². The highest BCUT2D eigenvalue weighted by Gasteiger charge is 2.43. The van der Waals surface area contributed by atoms with Crippen LogP contribution in [0.1, 0.15) is 19.8 Å². The fraction of sp³-hybridized carbons (Fsp3) is 0.444. The van der Waals surface area contributed by atoms with Crippen LogP contribution >= 0.6 is 0 Å². The van der Waals surface area contributed by atoms with Crippen LogP contribution in [0.3, 0.4) is 0 Å². The molecule has 74 valence electrons. The van der Waals surface area contributed by atoms with Gasteiger partial charge in [0.05, 0.1) is 0 Å². The number of rotatable bonds is 1. The Balaban J connectivity index is 2.17. The number of esters is 1. The first-order valence-electron chi connectivity index (χ1n) is 4.32. The minimum atomic E-state index is -0.803. The van der Waals surface area contributed by atoms with Gasteiger partial charge in [-0.25, -0.2) is 0 Å². The lowest BCUT2D eigenvalue weighted by Crippen LogP contribution is -2.33. The first-order valence-corrected chi connectivity index (χ1v) is 4.32. The number of carbonyl (C=O) groups excluding carboxylic acids is 3. The number of ether oxygens (including phenoxy) is 1. The Labute approximate surface area is 80.3 Å². The third-order valence-electron chi connectivity index (χ3n) is 2.25. The fourth-order valence-electron chi connectivity index (χ4n) is 1.70. The second-order valence-electron chi connectivity index (χ2n) is 3.27. The Morgan fingerprint density at radius 3 is 2.86 bits per heavy atom. The molecule has 1 unspecified atom stereocenters. The topological polar surface area (TPSA) is 63.7 Å². The molecule has 0 N–H and O–H groups in total. The Hall–Kier alpha value is -1.65. The highest BCUT2D eigenvalue weighted by molar-refractivity contribution is 6.04. The van der Waals surface area contributed by atoms with Crippen LogP contribution in [-0.4, -0.2) is 28.8 Å². The van der Waals surface area contributed by atoms with Crippen molar-refractivity contribution in [1.29, 1.82) is 0 Å². The largest absolute Gasteiger partial charge is 0.452 e. The number of fused-ring (bicyclic) bond motifs is 1. The van der Waals surface area contributed by atoms with E-state index in [1.54, 1.807) is 6.08 Å². The van der Waals surface area contributed by atoms with E-state index in [-0.39, 0.29) is 12.3 Å². The van der Waals surface area contributed by atoms with Crippen LogP contribution in [0.2, 0.25) is 0 Å². The predicted octanol–water partition coefficient (Wildman–Crippen LogP) is -0.0354. The van der Waals surface area contributed by atoms with Gasteiger partial charge in [0.2, 0.25) is 5.91 Å². The summed E-state index contributed by atoms with van der Waals surface area (Å²) in [5.41, 5.74) is 0.659. The molecule has 0 radical (unpaired) electrons. The molecule has 2 amide bonds. The summed E-state index contributed by atoms with van der Waals surface area (Å²) >= 11 is 0. The molecule has 1 saturated heterocycles. The van der Waals surface area contributed by atoms with Crippen molar-refractivity contribution in [2.45, 2.75) is 25.9 Å². The molecule has 0 saturated carbocycles. The molecule has 1 fully saturated rings. The third-order valence-corrected chi connectivity index (χ3v) is 2.25. The van der Waals surface area contributed by atoms with Crippen molar-refractivity contribution in [3.05, 3.63) is 11.8 Å². The lowest BCUT2D eigenvalue weighted by Gasteiger charge is -2.10. The van der Waals surface area contributed by atoms with E-state index in [9.17, 15) is 14.4 Å². The van der Waals surface area contributed by atoms with E-state index in [4.69, 9.17) is 4.74 Å². The SMILES string of the molecule is CC(=O)OC1CC2=CCC(=O)N2C1=O. The van der Waals surface area contributed by atoms with E-state index in [2.05, 4.69) is 0 Å². The van der Waals surface area contributed by atoms with Gasteiger partial charge < -0.3 is 4.74 Å². The molecule has 2 rings (SSSR count). The monoisotopic (exact) mass is 195 g/mol. The minimum absolute atomic E-state index is 0.236. The minimum Gasteiger partial charge on any atom is -0.452 e. The predicted molar refractivity (Wildman–Crippen MR) is 44.7 cm³/mol. The highest BCUT2D eigenvalue weighted by Crippen LogP contribution is 2.30. The molecule has 0 bridgehead atoms. The van der Waals surface area contributed by atoms with Gasteiger partial charge in [-0.05, 0) is 0 Å². The van der Waals surface area contributed by atoms with Crippen LogP contribution in [0.25, 0.3) is 0 Å². The van der Waals surface area contributed by atoms with E-state index in [0.717, 1.165) is 4.90 Å². The van der Waals surface area contributed by atoms with Crippen molar-refractivity contribution < 1.29 is 19.1 Å². The van der Waals surface area contributed by atoms with Crippen molar-refractivity contribution in [2.24, 2.45) is 0 Å². The summed E-state index contributed by atoms with van der Waals surface area (Å²) in [5.74, 6) is -1.16. The number of carbonyl (C=O) groups is 3. The molecule has 0 spiro atoms. The van der Waals surface area contributed by atoms with Crippen LogP contribution < -0.4 is 0 Å². The van der Waals surface area contributed by atoms with Crippen LogP contribution in [0, 0.1) is 0 Å². The van der Waals surface area contributed by atoms with Crippen LogP contribution in [-0.2, 0) is 19.1 Å². The summed E-state index contributed by atoms with van der Waals surface area (Å²) in [6.45, 7) is 1.24. The average molecular weight is 195 g/mol. The smallest absolute Gasteiger partial charge is 0.303 e. The molecule has 1 atom stereocenters. The van der Waals surface area contributed by atoms with Crippen LogP contribution in [0.15, 0.2) is 11.8 Å². The Kier molecular flexibility index (Phi) is 1.87. The zero-order valence-electron chi connectivity index (χ0n) is 7.65. The second-order valence-corrected chi connectivity index (χ2v) is 3.27. The van der Waals surface area contributed by atoms with Gasteiger partial charge in [0, 0.05) is 25.5 Å². The van der Waals surface area contributed by atoms with Crippen molar-refractivity contribution in [2.75, 3.05) is 0 Å². The van der Waals surface area contributed by atoms with E-state index in [1.165, 1.54) is 6.92 Å². The van der Waals surface area contributed by atoms with E-state index >= 15 is 0 Å². The molecular weight excluding hydrogens is 186 g/mol. The zero-order chi connectivity index (χ0) is 10.3. The lowest BCUT2D eigenvalue weighted by molar-refractivity contribution is -0.156. The number of hydrogen-bond donors (Lipinski definition) is 0. The Morgan fingerprint density at radius 2 is 2.29 bits per heavy atom. The van der Waals surface area contributed by atoms with Crippen LogP contribution in [0.4, 0.5) is 0 Å². The number of nitrogens with zero attached hydrogens (tertiary/aromatic N) is 1. The summed E-state index contributed by atoms with van der Waals surface area (Å²) < 4.78 is 4.78. The standard InChI is InChI=1S/C9H9NO4/c1-5(11)14-7-4-6-2-3-8(12)10(6)9(7)13/h2,7H,3-4H2,1H3. The number of hydrogen-bond acceptors (Lipinski definition) is 4. The number of amides is 2. The van der Waals surface area contributed by atoms with Crippen molar-refractivity contribution >= 4 is 17.8 Å². The third kappa shape index (κ3) is 1.21. The average Bonchev–Trinajstić information content (AvgIpc) is 2.57. The maximum Gasteiger partial charge on any atom is 0.303 e. The molecule has 0 aromatic rings. The Morgan fingerprint density at radius 1 is 1.57 bits per heavy atom. The van der Waals surface area contributed by atoms with Crippen molar-refractivity contribution in [3.8, 4) is 0 Å². The summed E-state index contributed by atoms with van der Waals surface area (Å²) in [7, 11) is 0. The number of imide groups is 1. The lowest BCUT2D eigenvalue weighted by atomic mass is 10.2. The molecular formula is C9H9NO4. The van der Waals surface area contributed by atoms with E-state index in [1.807, 2.05) is 0 Å². The summed E-state index contributed by atoms with van der Waals surface area (Å²) in [5, 5.41) is 0. The molecule has 2 heterocycles. The second kappa shape index (κ2) is 2.94. The van der Waals surface area contributed by atoms with Gasteiger partial charge >= 0.3 is 5.97 Å². The first kappa shape index (κ1) is 8.93. The molecule has 0 aliphatic carbocycles. The summed E-state index contributed by atoms with van der Waals surface area (Å²) in [6.07, 6.45) is 1.49. The maximum absolute atomic E-state index is 11.5. The van der Waals surface area contributed by atoms with Crippen molar-refractivity contribution in [1.82, 2.24) is 4.90 Å². The highest BCUT2D eigenvalue weighted by atomic mass is 16.5. The summed E-state index contributed by atoms with van der Waals surface area (Å²) in [4.78, 5) is 34.5. The zero-order valence-corrected chi connectivity index (χ0v) is 7.65. The molecule has 2 aliphatic heterocycles. The molecule has 14 heavy (non-hydrogen) atoms. The molecule has 2 aliphatic rings.